The lowest BCUT2D eigenvalue weighted by molar-refractivity contribution is 0.419. The average Bonchev–Trinajstić information content (AvgIpc) is 3.21. The van der Waals surface area contributed by atoms with Crippen molar-refractivity contribution in [1.82, 2.24) is 19.9 Å². The predicted molar refractivity (Wildman–Crippen MR) is 220 cm³/mol. The lowest BCUT2D eigenvalue weighted by atomic mass is 9.81. The van der Waals surface area contributed by atoms with Crippen LogP contribution >= 0.6 is 34.8 Å². The van der Waals surface area contributed by atoms with E-state index in [1.165, 1.54) is 0 Å². The first-order valence-corrected chi connectivity index (χ1v) is 17.7. The molecule has 0 aliphatic rings. The molecule has 12 heteroatoms. The Kier molecular flexibility index (Phi) is 12.7. The molecule has 0 atom stereocenters. The molecular formula is C42H32BCl3N4O4. The Balaban J connectivity index is 0.000000153. The maximum absolute atomic E-state index is 8.58. The Hall–Kier alpha value is -5.55. The Bertz CT molecular complexity index is 2510. The quantitative estimate of drug-likeness (QED) is 0.127. The van der Waals surface area contributed by atoms with Crippen LogP contribution in [0.5, 0.6) is 11.5 Å². The molecule has 0 saturated carbocycles. The molecule has 0 saturated heterocycles. The highest BCUT2D eigenvalue weighted by Crippen LogP contribution is 2.36. The molecule has 0 aliphatic heterocycles. The highest BCUT2D eigenvalue weighted by molar-refractivity contribution is 6.58. The van der Waals surface area contributed by atoms with Crippen LogP contribution in [0.2, 0.25) is 15.3 Å². The van der Waals surface area contributed by atoms with Gasteiger partial charge in [-0.05, 0) is 64.6 Å². The minimum atomic E-state index is -1.34. The van der Waals surface area contributed by atoms with E-state index in [1.807, 2.05) is 115 Å². The van der Waals surface area contributed by atoms with Crippen LogP contribution in [-0.2, 0) is 0 Å². The Morgan fingerprint density at radius 2 is 0.981 bits per heavy atom. The number of nitrogens with zero attached hydrogens (tertiary/aromatic N) is 4. The molecule has 8 rings (SSSR count). The monoisotopic (exact) mass is 772 g/mol. The topological polar surface area (TPSA) is 110 Å². The summed E-state index contributed by atoms with van der Waals surface area (Å²) in [6.45, 7) is 0. The average molecular weight is 774 g/mol. The van der Waals surface area contributed by atoms with Crippen molar-refractivity contribution in [1.29, 1.82) is 0 Å². The second kappa shape index (κ2) is 18.0. The molecule has 2 heterocycles. The van der Waals surface area contributed by atoms with Crippen molar-refractivity contribution in [2.24, 2.45) is 0 Å². The number of ether oxygens (including phenoxy) is 2. The molecule has 0 radical (unpaired) electrons. The SMILES string of the molecule is COc1cc(-c2ccccc2Cl)cc2cnc(-c3ccccc3)nc12.COc1cc(-c2ccccc2Cl)cc2cnc(Cl)nc12.OB(O)c1ccccc1. The van der Waals surface area contributed by atoms with Gasteiger partial charge in [-0.25, -0.2) is 19.9 Å². The van der Waals surface area contributed by atoms with Gasteiger partial charge in [0.1, 0.15) is 22.5 Å². The van der Waals surface area contributed by atoms with Crippen LogP contribution in [-0.4, -0.2) is 51.3 Å². The van der Waals surface area contributed by atoms with Crippen molar-refractivity contribution in [3.8, 4) is 45.1 Å². The normalized spacial score (nSPS) is 10.5. The molecule has 8 nitrogen and oxygen atoms in total. The van der Waals surface area contributed by atoms with Crippen molar-refractivity contribution in [2.75, 3.05) is 14.2 Å². The zero-order chi connectivity index (χ0) is 38.0. The van der Waals surface area contributed by atoms with Gasteiger partial charge in [0.05, 0.1) is 14.2 Å². The van der Waals surface area contributed by atoms with Gasteiger partial charge in [-0.15, -0.1) is 0 Å². The van der Waals surface area contributed by atoms with Crippen LogP contribution in [0.15, 0.2) is 146 Å². The maximum atomic E-state index is 8.58. The first-order chi connectivity index (χ1) is 26.2. The number of rotatable bonds is 6. The molecule has 2 N–H and O–H groups in total. The number of methoxy groups -OCH3 is 2. The van der Waals surface area contributed by atoms with E-state index >= 15 is 0 Å². The number of fused-ring (bicyclic) bond motifs is 2. The molecule has 8 aromatic rings. The molecular weight excluding hydrogens is 742 g/mol. The summed E-state index contributed by atoms with van der Waals surface area (Å²) in [5.41, 5.74) is 6.78. The van der Waals surface area contributed by atoms with Gasteiger partial charge in [0.2, 0.25) is 5.28 Å². The van der Waals surface area contributed by atoms with Crippen molar-refractivity contribution in [3.63, 3.8) is 0 Å². The number of hydrogen-bond acceptors (Lipinski definition) is 8. The molecule has 2 aromatic heterocycles. The molecule has 0 fully saturated rings. The highest BCUT2D eigenvalue weighted by atomic mass is 35.5. The third-order valence-corrected chi connectivity index (χ3v) is 9.05. The number of benzene rings is 6. The number of hydrogen-bond donors (Lipinski definition) is 2. The zero-order valence-electron chi connectivity index (χ0n) is 29.1. The number of halogens is 3. The van der Waals surface area contributed by atoms with Crippen LogP contribution in [0.4, 0.5) is 0 Å². The minimum absolute atomic E-state index is 0.196. The summed E-state index contributed by atoms with van der Waals surface area (Å²) in [5.74, 6) is 2.02. The van der Waals surface area contributed by atoms with Gasteiger partial charge in [0.25, 0.3) is 0 Å². The van der Waals surface area contributed by atoms with E-state index in [-0.39, 0.29) is 5.28 Å². The fourth-order valence-electron chi connectivity index (χ4n) is 5.57. The van der Waals surface area contributed by atoms with Crippen LogP contribution < -0.4 is 14.9 Å². The first kappa shape index (κ1) is 38.2. The Morgan fingerprint density at radius 1 is 0.519 bits per heavy atom. The Morgan fingerprint density at radius 3 is 1.46 bits per heavy atom. The molecule has 0 unspecified atom stereocenters. The summed E-state index contributed by atoms with van der Waals surface area (Å²) in [7, 11) is 1.91. The lowest BCUT2D eigenvalue weighted by Crippen LogP contribution is -2.29. The fourth-order valence-corrected chi connectivity index (χ4v) is 6.19. The molecule has 6 aromatic carbocycles. The molecule has 0 spiro atoms. The minimum Gasteiger partial charge on any atom is -0.494 e. The second-order valence-corrected chi connectivity index (χ2v) is 12.8. The van der Waals surface area contributed by atoms with E-state index < -0.39 is 7.12 Å². The van der Waals surface area contributed by atoms with Gasteiger partial charge in [0.15, 0.2) is 5.82 Å². The molecule has 0 amide bonds. The van der Waals surface area contributed by atoms with Crippen LogP contribution in [0.25, 0.3) is 55.4 Å². The maximum Gasteiger partial charge on any atom is 0.488 e. The van der Waals surface area contributed by atoms with Gasteiger partial charge in [-0.3, -0.25) is 0 Å². The molecule has 268 valence electrons. The van der Waals surface area contributed by atoms with Crippen LogP contribution in [0, 0.1) is 0 Å². The van der Waals surface area contributed by atoms with E-state index in [0.717, 1.165) is 44.1 Å². The summed E-state index contributed by atoms with van der Waals surface area (Å²) < 4.78 is 11.0. The predicted octanol–water partition coefficient (Wildman–Crippen LogP) is 9.60. The van der Waals surface area contributed by atoms with Crippen LogP contribution in [0.3, 0.4) is 0 Å². The summed E-state index contributed by atoms with van der Waals surface area (Å²) in [6.07, 6.45) is 3.50. The first-order valence-electron chi connectivity index (χ1n) is 16.6. The fraction of sp³-hybridized carbons (Fsp3) is 0.0476. The summed E-state index contributed by atoms with van der Waals surface area (Å²) in [4.78, 5) is 17.4. The highest BCUT2D eigenvalue weighted by Gasteiger charge is 2.13. The van der Waals surface area contributed by atoms with Crippen molar-refractivity contribution in [3.05, 3.63) is 161 Å². The van der Waals surface area contributed by atoms with E-state index in [9.17, 15) is 0 Å². The van der Waals surface area contributed by atoms with E-state index in [4.69, 9.17) is 59.3 Å². The zero-order valence-corrected chi connectivity index (χ0v) is 31.3. The van der Waals surface area contributed by atoms with Crippen molar-refractivity contribution < 1.29 is 19.5 Å². The van der Waals surface area contributed by atoms with Gasteiger partial charge in [-0.2, -0.15) is 0 Å². The third-order valence-electron chi connectivity index (χ3n) is 8.21. The summed E-state index contributed by atoms with van der Waals surface area (Å²) >= 11 is 18.4. The molecule has 0 aliphatic carbocycles. The second-order valence-electron chi connectivity index (χ2n) is 11.7. The molecule has 0 bridgehead atoms. The van der Waals surface area contributed by atoms with Gasteiger partial charge in [-0.1, -0.05) is 120 Å². The van der Waals surface area contributed by atoms with E-state index in [0.29, 0.717) is 38.3 Å². The van der Waals surface area contributed by atoms with Gasteiger partial charge >= 0.3 is 7.12 Å². The third kappa shape index (κ3) is 9.14. The lowest BCUT2D eigenvalue weighted by Gasteiger charge is -2.11. The van der Waals surface area contributed by atoms with Gasteiger partial charge in [0, 0.05) is 49.9 Å². The summed E-state index contributed by atoms with van der Waals surface area (Å²) in [6, 6.07) is 41.8. The van der Waals surface area contributed by atoms with E-state index in [2.05, 4.69) is 15.0 Å². The van der Waals surface area contributed by atoms with Gasteiger partial charge < -0.3 is 19.5 Å². The smallest absolute Gasteiger partial charge is 0.488 e. The standard InChI is InChI=1S/C21H15ClN2O.C15H10Cl2N2O.C6H7BO2/c1-25-19-12-15(17-9-5-6-10-18(17)22)11-16-13-23-21(24-20(16)19)14-7-3-2-4-8-14;1-20-13-7-9(11-4-2-3-5-12(11)16)6-10-8-18-15(17)19-14(10)13;8-7(9)6-4-2-1-3-5-6/h2-13H,1H3;2-8H,1H3;1-5,8-9H. The molecule has 54 heavy (non-hydrogen) atoms. The largest absolute Gasteiger partial charge is 0.494 e. The Labute approximate surface area is 327 Å². The van der Waals surface area contributed by atoms with E-state index in [1.54, 1.807) is 44.7 Å². The summed E-state index contributed by atoms with van der Waals surface area (Å²) in [5, 5.41) is 20.5. The van der Waals surface area contributed by atoms with Crippen LogP contribution in [0.1, 0.15) is 0 Å². The van der Waals surface area contributed by atoms with Crippen molar-refractivity contribution >= 4 is 69.2 Å². The van der Waals surface area contributed by atoms with Crippen molar-refractivity contribution in [2.45, 2.75) is 0 Å². The number of aromatic nitrogens is 4.